The largest absolute Gasteiger partial charge is 0.496 e. The van der Waals surface area contributed by atoms with E-state index in [0.717, 1.165) is 60.1 Å². The van der Waals surface area contributed by atoms with Gasteiger partial charge in [0.1, 0.15) is 36.2 Å². The van der Waals surface area contributed by atoms with Crippen LogP contribution >= 0.6 is 0 Å². The van der Waals surface area contributed by atoms with Crippen LogP contribution in [0.15, 0.2) is 66.7 Å². The zero-order valence-electron chi connectivity index (χ0n) is 31.2. The Bertz CT molecular complexity index is 1600. The van der Waals surface area contributed by atoms with Crippen molar-refractivity contribution >= 4 is 17.5 Å². The van der Waals surface area contributed by atoms with Gasteiger partial charge in [-0.2, -0.15) is 0 Å². The quantitative estimate of drug-likeness (QED) is 0.0713. The summed E-state index contributed by atoms with van der Waals surface area (Å²) in [5.74, 6) is 3.11. The fraction of sp³-hybridized carbons (Fsp3) is 0.513. The van der Waals surface area contributed by atoms with E-state index in [9.17, 15) is 14.9 Å². The summed E-state index contributed by atoms with van der Waals surface area (Å²) in [7, 11) is 3.36. The lowest BCUT2D eigenvalue weighted by Crippen LogP contribution is -2.57. The summed E-state index contributed by atoms with van der Waals surface area (Å²) in [6.07, 6.45) is 2.08. The summed E-state index contributed by atoms with van der Waals surface area (Å²) in [6.45, 7) is 6.33. The molecule has 2 heterocycles. The lowest BCUT2D eigenvalue weighted by Gasteiger charge is -2.42. The maximum absolute atomic E-state index is 13.1. The number of piperazine rings is 1. The third kappa shape index (κ3) is 12.2. The van der Waals surface area contributed by atoms with Crippen molar-refractivity contribution < 1.29 is 47.9 Å². The average molecular weight is 753 g/mol. The highest BCUT2D eigenvalue weighted by Crippen LogP contribution is 2.35. The molecule has 0 bridgehead atoms. The molecule has 294 valence electrons. The van der Waals surface area contributed by atoms with Gasteiger partial charge >= 0.3 is 6.09 Å². The maximum atomic E-state index is 13.1. The van der Waals surface area contributed by atoms with E-state index in [4.69, 9.17) is 33.2 Å². The molecule has 0 radical (unpaired) electrons. The first kappa shape index (κ1) is 40.0. The molecule has 2 aliphatic heterocycles. The Kier molecular flexibility index (Phi) is 16.0. The van der Waals surface area contributed by atoms with E-state index >= 15 is 0 Å². The third-order valence-electron chi connectivity index (χ3n) is 9.13. The van der Waals surface area contributed by atoms with E-state index < -0.39 is 11.2 Å². The first-order valence-corrected chi connectivity index (χ1v) is 18.5. The van der Waals surface area contributed by atoms with Crippen molar-refractivity contribution in [2.24, 2.45) is 0 Å². The van der Waals surface area contributed by atoms with Gasteiger partial charge in [-0.3, -0.25) is 0 Å². The summed E-state index contributed by atoms with van der Waals surface area (Å²) in [5.41, 5.74) is 2.98. The van der Waals surface area contributed by atoms with Crippen LogP contribution in [0.5, 0.6) is 23.0 Å². The summed E-state index contributed by atoms with van der Waals surface area (Å²) < 4.78 is 40.3. The molecule has 15 heteroatoms. The Balaban J connectivity index is 1.17. The number of nitrogens with zero attached hydrogens (tertiary/aromatic N) is 4. The number of methoxy groups -OCH3 is 2. The highest BCUT2D eigenvalue weighted by molar-refractivity contribution is 5.68. The van der Waals surface area contributed by atoms with Gasteiger partial charge in [0.15, 0.2) is 0 Å². The summed E-state index contributed by atoms with van der Waals surface area (Å²) in [6, 6.07) is 21.4. The lowest BCUT2D eigenvalue weighted by atomic mass is 10.1. The second kappa shape index (κ2) is 21.5. The van der Waals surface area contributed by atoms with Crippen LogP contribution in [0.3, 0.4) is 0 Å². The van der Waals surface area contributed by atoms with Crippen molar-refractivity contribution in [2.75, 3.05) is 103 Å². The number of carbonyl (C=O) groups is 1. The summed E-state index contributed by atoms with van der Waals surface area (Å²) in [4.78, 5) is 34.0. The molecule has 0 aromatic heterocycles. The van der Waals surface area contributed by atoms with Crippen molar-refractivity contribution in [2.45, 2.75) is 38.3 Å². The molecule has 1 fully saturated rings. The molecular formula is C39H52N4O11. The van der Waals surface area contributed by atoms with Crippen molar-refractivity contribution in [1.29, 1.82) is 0 Å². The zero-order valence-corrected chi connectivity index (χ0v) is 31.2. The van der Waals surface area contributed by atoms with Gasteiger partial charge in [0.05, 0.1) is 58.4 Å². The third-order valence-corrected chi connectivity index (χ3v) is 9.13. The van der Waals surface area contributed by atoms with Crippen LogP contribution in [-0.2, 0) is 25.7 Å². The molecule has 0 aliphatic carbocycles. The van der Waals surface area contributed by atoms with Gasteiger partial charge in [-0.1, -0.05) is 18.2 Å². The van der Waals surface area contributed by atoms with Gasteiger partial charge in [-0.05, 0) is 61.7 Å². The number of fused-ring (bicyclic) bond motifs is 1. The molecule has 3 aromatic carbocycles. The van der Waals surface area contributed by atoms with Gasteiger partial charge in [0.25, 0.3) is 5.09 Å². The van der Waals surface area contributed by atoms with Crippen molar-refractivity contribution in [3.63, 3.8) is 0 Å². The first-order chi connectivity index (χ1) is 26.4. The van der Waals surface area contributed by atoms with Crippen LogP contribution in [-0.4, -0.2) is 115 Å². The SMILES string of the molecule is COCCCN1CCOc2ccc(OCC3CN(C(=O)OCCCCO[N+](=O)[O-])CCN3c3ccc(OCCCOCc4ccccc4OC)cc3)cc21. The number of amides is 1. The summed E-state index contributed by atoms with van der Waals surface area (Å²) >= 11 is 0. The fourth-order valence-corrected chi connectivity index (χ4v) is 6.35. The molecule has 0 spiro atoms. The van der Waals surface area contributed by atoms with Gasteiger partial charge in [0, 0.05) is 63.6 Å². The topological polar surface area (TPSA) is 144 Å². The average Bonchev–Trinajstić information content (AvgIpc) is 3.20. The van der Waals surface area contributed by atoms with Crippen LogP contribution in [0.2, 0.25) is 0 Å². The van der Waals surface area contributed by atoms with Crippen LogP contribution in [0.1, 0.15) is 31.2 Å². The molecule has 15 nitrogen and oxygen atoms in total. The molecular weight excluding hydrogens is 700 g/mol. The van der Waals surface area contributed by atoms with E-state index in [0.29, 0.717) is 77.9 Å². The van der Waals surface area contributed by atoms with E-state index in [1.807, 2.05) is 66.7 Å². The van der Waals surface area contributed by atoms with E-state index in [2.05, 4.69) is 14.6 Å². The Hall–Kier alpha value is -5.15. The highest BCUT2D eigenvalue weighted by Gasteiger charge is 2.31. The molecule has 5 rings (SSSR count). The maximum Gasteiger partial charge on any atom is 0.409 e. The van der Waals surface area contributed by atoms with Crippen LogP contribution in [0.25, 0.3) is 0 Å². The number of anilines is 2. The highest BCUT2D eigenvalue weighted by atomic mass is 16.9. The van der Waals surface area contributed by atoms with E-state index in [1.54, 1.807) is 19.1 Å². The zero-order chi connectivity index (χ0) is 38.0. The Labute approximate surface area is 316 Å². The van der Waals surface area contributed by atoms with E-state index in [1.165, 1.54) is 0 Å². The van der Waals surface area contributed by atoms with Gasteiger partial charge < -0.3 is 52.7 Å². The monoisotopic (exact) mass is 752 g/mol. The summed E-state index contributed by atoms with van der Waals surface area (Å²) in [5, 5.41) is 9.55. The molecule has 1 amide bonds. The number of carbonyl (C=O) groups excluding carboxylic acids is 1. The van der Waals surface area contributed by atoms with Gasteiger partial charge in [0.2, 0.25) is 0 Å². The molecule has 2 aliphatic rings. The Morgan fingerprint density at radius 2 is 1.69 bits per heavy atom. The number of para-hydroxylation sites is 1. The number of unbranched alkanes of at least 4 members (excludes halogenated alkanes) is 1. The predicted octanol–water partition coefficient (Wildman–Crippen LogP) is 5.61. The number of benzene rings is 3. The number of hydrogen-bond acceptors (Lipinski definition) is 13. The minimum Gasteiger partial charge on any atom is -0.496 e. The normalized spacial score (nSPS) is 15.2. The van der Waals surface area contributed by atoms with Crippen LogP contribution in [0, 0.1) is 10.1 Å². The number of rotatable bonds is 22. The molecule has 1 unspecified atom stereocenters. The van der Waals surface area contributed by atoms with Crippen molar-refractivity contribution in [3.05, 3.63) is 82.4 Å². The predicted molar refractivity (Wildman–Crippen MR) is 202 cm³/mol. The number of hydrogen-bond donors (Lipinski definition) is 0. The molecule has 1 atom stereocenters. The van der Waals surface area contributed by atoms with Crippen LogP contribution < -0.4 is 28.7 Å². The van der Waals surface area contributed by atoms with E-state index in [-0.39, 0.29) is 19.3 Å². The minimum atomic E-state index is -0.825. The lowest BCUT2D eigenvalue weighted by molar-refractivity contribution is -0.757. The van der Waals surface area contributed by atoms with Crippen LogP contribution in [0.4, 0.5) is 16.2 Å². The number of ether oxygens (including phenoxy) is 7. The van der Waals surface area contributed by atoms with Crippen molar-refractivity contribution in [1.82, 2.24) is 4.90 Å². The molecule has 1 saturated heterocycles. The fourth-order valence-electron chi connectivity index (χ4n) is 6.35. The smallest absolute Gasteiger partial charge is 0.409 e. The standard InChI is InChI=1S/C39H52N4O11/c1-47-21-7-17-40-20-26-51-38-16-15-35(27-36(38)40)53-30-33-28-41(39(44)52-23-5-6-25-54-43(45)46)18-19-42(33)32-11-13-34(14-12-32)50-24-8-22-49-29-31-9-3-4-10-37(31)48-2/h3-4,9-16,27,33H,5-8,17-26,28-30H2,1-2H3. The second-order valence-corrected chi connectivity index (χ2v) is 12.9. The van der Waals surface area contributed by atoms with Gasteiger partial charge in [-0.15, -0.1) is 10.1 Å². The minimum absolute atomic E-state index is 0.0363. The second-order valence-electron chi connectivity index (χ2n) is 12.9. The molecule has 54 heavy (non-hydrogen) atoms. The molecule has 3 aromatic rings. The Morgan fingerprint density at radius 3 is 2.50 bits per heavy atom. The molecule has 0 N–H and O–H groups in total. The van der Waals surface area contributed by atoms with Gasteiger partial charge in [-0.25, -0.2) is 4.79 Å². The Morgan fingerprint density at radius 1 is 0.870 bits per heavy atom. The molecule has 0 saturated carbocycles. The van der Waals surface area contributed by atoms with Crippen molar-refractivity contribution in [3.8, 4) is 23.0 Å². The first-order valence-electron chi connectivity index (χ1n) is 18.5.